The number of esters is 1. The van der Waals surface area contributed by atoms with E-state index in [1.54, 1.807) is 12.4 Å². The number of carbonyl (C=O) groups excluding carboxylic acids is 1. The van der Waals surface area contributed by atoms with Crippen LogP contribution >= 0.6 is 0 Å². The summed E-state index contributed by atoms with van der Waals surface area (Å²) in [4.78, 5) is 17.5. The van der Waals surface area contributed by atoms with Crippen LogP contribution in [-0.2, 0) is 16.1 Å². The molecule has 0 amide bonds. The highest BCUT2D eigenvalue weighted by Crippen LogP contribution is 2.08. The van der Waals surface area contributed by atoms with Crippen molar-refractivity contribution in [2.75, 3.05) is 13.7 Å². The summed E-state index contributed by atoms with van der Waals surface area (Å²) < 4.78 is 4.94. The fourth-order valence-corrected chi connectivity index (χ4v) is 1.55. The summed E-state index contributed by atoms with van der Waals surface area (Å²) in [5, 5.41) is 0. The van der Waals surface area contributed by atoms with Crippen molar-refractivity contribution < 1.29 is 9.53 Å². The van der Waals surface area contributed by atoms with Gasteiger partial charge in [-0.2, -0.15) is 0 Å². The fraction of sp³-hybridized carbons (Fsp3) is 0.538. The van der Waals surface area contributed by atoms with Crippen molar-refractivity contribution in [3.63, 3.8) is 0 Å². The van der Waals surface area contributed by atoms with E-state index in [1.807, 2.05) is 33.0 Å². The van der Waals surface area contributed by atoms with Crippen molar-refractivity contribution in [2.45, 2.75) is 32.9 Å². The summed E-state index contributed by atoms with van der Waals surface area (Å²) in [6.45, 7) is 5.10. The molecule has 0 aliphatic heterocycles. The largest absolute Gasteiger partial charge is 0.466 e. The predicted molar refractivity (Wildman–Crippen MR) is 66.4 cm³/mol. The molecule has 1 heterocycles. The van der Waals surface area contributed by atoms with Gasteiger partial charge in [0.05, 0.1) is 13.0 Å². The first-order valence-electron chi connectivity index (χ1n) is 5.88. The zero-order valence-corrected chi connectivity index (χ0v) is 10.7. The molecule has 4 heteroatoms. The summed E-state index contributed by atoms with van der Waals surface area (Å²) in [6.07, 6.45) is 3.98. The molecule has 0 N–H and O–H groups in total. The van der Waals surface area contributed by atoms with E-state index < -0.39 is 0 Å². The molecule has 0 aliphatic carbocycles. The lowest BCUT2D eigenvalue weighted by molar-refractivity contribution is -0.144. The van der Waals surface area contributed by atoms with E-state index >= 15 is 0 Å². The molecule has 94 valence electrons. The molecule has 1 atom stereocenters. The second kappa shape index (κ2) is 7.01. The molecule has 1 unspecified atom stereocenters. The average molecular weight is 236 g/mol. The summed E-state index contributed by atoms with van der Waals surface area (Å²) in [5.74, 6) is -0.137. The van der Waals surface area contributed by atoms with Crippen LogP contribution in [0.5, 0.6) is 0 Å². The summed E-state index contributed by atoms with van der Waals surface area (Å²) >= 11 is 0. The standard InChI is InChI=1S/C13H20N2O2/c1-4-17-13(16)9-11(2)15(3)10-12-5-7-14-8-6-12/h5-8,11H,4,9-10H2,1-3H3. The number of ether oxygens (including phenoxy) is 1. The molecule has 17 heavy (non-hydrogen) atoms. The van der Waals surface area contributed by atoms with Gasteiger partial charge in [-0.25, -0.2) is 0 Å². The highest BCUT2D eigenvalue weighted by Gasteiger charge is 2.14. The van der Waals surface area contributed by atoms with Gasteiger partial charge in [-0.1, -0.05) is 0 Å². The number of hydrogen-bond donors (Lipinski definition) is 0. The Hall–Kier alpha value is -1.42. The Morgan fingerprint density at radius 1 is 1.47 bits per heavy atom. The monoisotopic (exact) mass is 236 g/mol. The summed E-state index contributed by atoms with van der Waals surface area (Å²) in [7, 11) is 2.00. The molecule has 4 nitrogen and oxygen atoms in total. The van der Waals surface area contributed by atoms with Crippen LogP contribution in [0.2, 0.25) is 0 Å². The molecule has 0 bridgehead atoms. The van der Waals surface area contributed by atoms with E-state index in [1.165, 1.54) is 5.56 Å². The molecular weight excluding hydrogens is 216 g/mol. The molecule has 0 saturated carbocycles. The lowest BCUT2D eigenvalue weighted by Gasteiger charge is -2.23. The maximum absolute atomic E-state index is 11.4. The van der Waals surface area contributed by atoms with Crippen LogP contribution in [0.25, 0.3) is 0 Å². The molecule has 0 fully saturated rings. The maximum atomic E-state index is 11.4. The van der Waals surface area contributed by atoms with E-state index in [0.29, 0.717) is 13.0 Å². The van der Waals surface area contributed by atoms with E-state index in [9.17, 15) is 4.79 Å². The van der Waals surface area contributed by atoms with Gasteiger partial charge in [0.15, 0.2) is 0 Å². The molecular formula is C13H20N2O2. The van der Waals surface area contributed by atoms with Crippen LogP contribution in [0.4, 0.5) is 0 Å². The van der Waals surface area contributed by atoms with E-state index in [0.717, 1.165) is 6.54 Å². The smallest absolute Gasteiger partial charge is 0.307 e. The zero-order chi connectivity index (χ0) is 12.7. The molecule has 1 aromatic heterocycles. The number of rotatable bonds is 6. The van der Waals surface area contributed by atoms with Gasteiger partial charge in [0.2, 0.25) is 0 Å². The van der Waals surface area contributed by atoms with E-state index in [2.05, 4.69) is 9.88 Å². The predicted octanol–water partition coefficient (Wildman–Crippen LogP) is 1.86. The number of aromatic nitrogens is 1. The van der Waals surface area contributed by atoms with Crippen LogP contribution in [0.3, 0.4) is 0 Å². The average Bonchev–Trinajstić information content (AvgIpc) is 2.30. The highest BCUT2D eigenvalue weighted by molar-refractivity contribution is 5.70. The minimum atomic E-state index is -0.137. The third kappa shape index (κ3) is 4.95. The van der Waals surface area contributed by atoms with Crippen molar-refractivity contribution in [3.8, 4) is 0 Å². The third-order valence-electron chi connectivity index (χ3n) is 2.70. The minimum Gasteiger partial charge on any atom is -0.466 e. The van der Waals surface area contributed by atoms with Gasteiger partial charge >= 0.3 is 5.97 Å². The van der Waals surface area contributed by atoms with Crippen LogP contribution in [-0.4, -0.2) is 35.5 Å². The maximum Gasteiger partial charge on any atom is 0.307 e. The zero-order valence-electron chi connectivity index (χ0n) is 10.7. The quantitative estimate of drug-likeness (QED) is 0.707. The molecule has 0 spiro atoms. The van der Waals surface area contributed by atoms with Gasteiger partial charge in [-0.15, -0.1) is 0 Å². The molecule has 1 rings (SSSR count). The van der Waals surface area contributed by atoms with Crippen molar-refractivity contribution >= 4 is 5.97 Å². The van der Waals surface area contributed by atoms with Gasteiger partial charge in [-0.3, -0.25) is 14.7 Å². The van der Waals surface area contributed by atoms with Crippen molar-refractivity contribution in [2.24, 2.45) is 0 Å². The van der Waals surface area contributed by atoms with Crippen LogP contribution in [0.15, 0.2) is 24.5 Å². The number of pyridine rings is 1. The van der Waals surface area contributed by atoms with Gasteiger partial charge in [0, 0.05) is 25.0 Å². The van der Waals surface area contributed by atoms with Crippen LogP contribution in [0.1, 0.15) is 25.8 Å². The molecule has 0 aliphatic rings. The Morgan fingerprint density at radius 2 is 2.12 bits per heavy atom. The van der Waals surface area contributed by atoms with Crippen molar-refractivity contribution in [3.05, 3.63) is 30.1 Å². The van der Waals surface area contributed by atoms with Crippen LogP contribution < -0.4 is 0 Å². The molecule has 0 saturated heterocycles. The van der Waals surface area contributed by atoms with Gasteiger partial charge in [0.25, 0.3) is 0 Å². The lowest BCUT2D eigenvalue weighted by atomic mass is 10.2. The van der Waals surface area contributed by atoms with Gasteiger partial charge < -0.3 is 4.74 Å². The first-order valence-corrected chi connectivity index (χ1v) is 5.88. The minimum absolute atomic E-state index is 0.137. The van der Waals surface area contributed by atoms with Crippen molar-refractivity contribution in [1.29, 1.82) is 0 Å². The Bertz CT molecular complexity index is 341. The Labute approximate surface area is 103 Å². The molecule has 0 radical (unpaired) electrons. The Kier molecular flexibility index (Phi) is 5.63. The number of hydrogen-bond acceptors (Lipinski definition) is 4. The fourth-order valence-electron chi connectivity index (χ4n) is 1.55. The van der Waals surface area contributed by atoms with E-state index in [-0.39, 0.29) is 12.0 Å². The van der Waals surface area contributed by atoms with Gasteiger partial charge in [-0.05, 0) is 38.6 Å². The number of carbonyl (C=O) groups is 1. The normalized spacial score (nSPS) is 12.5. The first kappa shape index (κ1) is 13.6. The molecule has 1 aromatic rings. The summed E-state index contributed by atoms with van der Waals surface area (Å²) in [6, 6.07) is 4.13. The van der Waals surface area contributed by atoms with Crippen LogP contribution in [0, 0.1) is 0 Å². The SMILES string of the molecule is CCOC(=O)CC(C)N(C)Cc1ccncc1. The van der Waals surface area contributed by atoms with Crippen molar-refractivity contribution in [1.82, 2.24) is 9.88 Å². The second-order valence-electron chi connectivity index (χ2n) is 4.13. The third-order valence-corrected chi connectivity index (χ3v) is 2.70. The van der Waals surface area contributed by atoms with E-state index in [4.69, 9.17) is 4.74 Å². The van der Waals surface area contributed by atoms with Gasteiger partial charge in [0.1, 0.15) is 0 Å². The topological polar surface area (TPSA) is 42.4 Å². The molecule has 0 aromatic carbocycles. The first-order chi connectivity index (χ1) is 8.13. The Morgan fingerprint density at radius 3 is 2.71 bits per heavy atom. The second-order valence-corrected chi connectivity index (χ2v) is 4.13. The summed E-state index contributed by atoms with van der Waals surface area (Å²) in [5.41, 5.74) is 1.19. The lowest BCUT2D eigenvalue weighted by Crippen LogP contribution is -2.31. The Balaban J connectivity index is 2.42. The number of nitrogens with zero attached hydrogens (tertiary/aromatic N) is 2. The highest BCUT2D eigenvalue weighted by atomic mass is 16.5.